The van der Waals surface area contributed by atoms with Crippen molar-refractivity contribution in [2.24, 2.45) is 0 Å². The van der Waals surface area contributed by atoms with Crippen LogP contribution in [0.3, 0.4) is 0 Å². The first-order valence-corrected chi connectivity index (χ1v) is 9.57. The number of carbonyl (C=O) groups is 2. The van der Waals surface area contributed by atoms with E-state index in [-0.39, 0.29) is 42.0 Å². The maximum atomic E-state index is 12.7. The van der Waals surface area contributed by atoms with E-state index in [1.807, 2.05) is 0 Å². The molecule has 5 nitrogen and oxygen atoms in total. The van der Waals surface area contributed by atoms with E-state index in [1.165, 1.54) is 25.1 Å². The summed E-state index contributed by atoms with van der Waals surface area (Å²) >= 11 is 12.1. The zero-order chi connectivity index (χ0) is 21.4. The monoisotopic (exact) mass is 452 g/mol. The van der Waals surface area contributed by atoms with Crippen molar-refractivity contribution >= 4 is 40.7 Å². The van der Waals surface area contributed by atoms with Crippen molar-refractivity contribution in [3.05, 3.63) is 39.6 Å². The lowest BCUT2D eigenvalue weighted by molar-refractivity contribution is -0.193. The van der Waals surface area contributed by atoms with Gasteiger partial charge in [-0.05, 0) is 37.8 Å². The van der Waals surface area contributed by atoms with Crippen molar-refractivity contribution in [1.82, 2.24) is 0 Å². The molecule has 0 saturated heterocycles. The molecular formula is C19H17Cl2F3O5. The van der Waals surface area contributed by atoms with Crippen molar-refractivity contribution < 1.29 is 37.0 Å². The molecule has 1 spiro atoms. The molecule has 1 aromatic carbocycles. The maximum absolute atomic E-state index is 12.7. The van der Waals surface area contributed by atoms with Gasteiger partial charge >= 0.3 is 18.1 Å². The Hall–Kier alpha value is -1.77. The van der Waals surface area contributed by atoms with Gasteiger partial charge in [-0.3, -0.25) is 4.79 Å². The molecule has 1 aliphatic heterocycles. The van der Waals surface area contributed by atoms with E-state index >= 15 is 0 Å². The Morgan fingerprint density at radius 3 is 2.48 bits per heavy atom. The third-order valence-electron chi connectivity index (χ3n) is 4.80. The lowest BCUT2D eigenvalue weighted by Gasteiger charge is -2.36. The molecule has 0 radical (unpaired) electrons. The Labute approximate surface area is 174 Å². The van der Waals surface area contributed by atoms with Crippen molar-refractivity contribution in [3.8, 4) is 0 Å². The highest BCUT2D eigenvalue weighted by atomic mass is 35.5. The van der Waals surface area contributed by atoms with Crippen LogP contribution in [0.4, 0.5) is 13.2 Å². The number of ether oxygens (including phenoxy) is 3. The number of alkyl halides is 3. The molecule has 2 aliphatic rings. The highest BCUT2D eigenvalue weighted by Crippen LogP contribution is 2.48. The molecule has 1 heterocycles. The van der Waals surface area contributed by atoms with E-state index in [9.17, 15) is 22.8 Å². The second-order valence-corrected chi connectivity index (χ2v) is 7.77. The van der Waals surface area contributed by atoms with E-state index in [0.717, 1.165) is 0 Å². The quantitative estimate of drug-likeness (QED) is 0.595. The summed E-state index contributed by atoms with van der Waals surface area (Å²) in [5.74, 6) is -1.36. The lowest BCUT2D eigenvalue weighted by atomic mass is 9.81. The average Bonchev–Trinajstić information content (AvgIpc) is 2.85. The molecule has 0 atom stereocenters. The molecule has 1 aliphatic carbocycles. The van der Waals surface area contributed by atoms with Crippen LogP contribution in [0.25, 0.3) is 5.57 Å². The van der Waals surface area contributed by atoms with E-state index < -0.39 is 36.4 Å². The van der Waals surface area contributed by atoms with Gasteiger partial charge in [-0.1, -0.05) is 29.3 Å². The summed E-state index contributed by atoms with van der Waals surface area (Å²) in [6.45, 7) is -0.161. The second kappa shape index (κ2) is 8.16. The fraction of sp³-hybridized carbons (Fsp3) is 0.474. The van der Waals surface area contributed by atoms with Gasteiger partial charge in [0.25, 0.3) is 0 Å². The molecule has 0 amide bonds. The predicted octanol–water partition coefficient (Wildman–Crippen LogP) is 5.08. The number of benzene rings is 1. The van der Waals surface area contributed by atoms with Crippen LogP contribution in [-0.2, 0) is 23.8 Å². The van der Waals surface area contributed by atoms with Gasteiger partial charge in [-0.15, -0.1) is 0 Å². The van der Waals surface area contributed by atoms with Crippen LogP contribution in [0, 0.1) is 0 Å². The molecule has 10 heteroatoms. The summed E-state index contributed by atoms with van der Waals surface area (Å²) < 4.78 is 53.0. The second-order valence-electron chi connectivity index (χ2n) is 6.93. The van der Waals surface area contributed by atoms with Crippen LogP contribution < -0.4 is 0 Å². The molecule has 0 N–H and O–H groups in total. The van der Waals surface area contributed by atoms with Crippen molar-refractivity contribution in [3.63, 3.8) is 0 Å². The molecule has 0 unspecified atom stereocenters. The predicted molar refractivity (Wildman–Crippen MR) is 98.2 cm³/mol. The van der Waals surface area contributed by atoms with Crippen LogP contribution in [-0.4, -0.2) is 36.4 Å². The maximum Gasteiger partial charge on any atom is 0.411 e. The number of hydrogen-bond donors (Lipinski definition) is 0. The standard InChI is InChI=1S/C19H17Cl2F3O5/c1-10(25)28-16-15(13-3-2-11(20)8-14(13)21)17(26)29-18(16)6-4-12(5-7-18)27-9-19(22,23)24/h2-3,8,12H,4-7,9H2,1H3. The van der Waals surface area contributed by atoms with Gasteiger partial charge in [0.2, 0.25) is 0 Å². The fourth-order valence-corrected chi connectivity index (χ4v) is 4.08. The van der Waals surface area contributed by atoms with E-state index in [1.54, 1.807) is 0 Å². The minimum absolute atomic E-state index is 0.0107. The summed E-state index contributed by atoms with van der Waals surface area (Å²) in [4.78, 5) is 24.4. The van der Waals surface area contributed by atoms with Crippen molar-refractivity contribution in [1.29, 1.82) is 0 Å². The summed E-state index contributed by atoms with van der Waals surface area (Å²) in [6, 6.07) is 4.49. The van der Waals surface area contributed by atoms with Gasteiger partial charge in [0, 0.05) is 17.5 Å². The Morgan fingerprint density at radius 1 is 1.28 bits per heavy atom. The lowest BCUT2D eigenvalue weighted by Crippen LogP contribution is -2.40. The third kappa shape index (κ3) is 4.87. The first kappa shape index (κ1) is 21.9. The number of carbonyl (C=O) groups excluding carboxylic acids is 2. The van der Waals surface area contributed by atoms with Crippen LogP contribution in [0.1, 0.15) is 38.2 Å². The Morgan fingerprint density at radius 2 is 1.93 bits per heavy atom. The Kier molecular flexibility index (Phi) is 6.17. The SMILES string of the molecule is CC(=O)OC1=C(c2ccc(Cl)cc2Cl)C(=O)OC12CCC(OCC(F)(F)F)CC2. The van der Waals surface area contributed by atoms with Gasteiger partial charge in [-0.2, -0.15) is 13.2 Å². The van der Waals surface area contributed by atoms with E-state index in [2.05, 4.69) is 0 Å². The molecule has 29 heavy (non-hydrogen) atoms. The number of hydrogen-bond acceptors (Lipinski definition) is 5. The zero-order valence-corrected chi connectivity index (χ0v) is 16.8. The van der Waals surface area contributed by atoms with Gasteiger partial charge in [0.1, 0.15) is 12.2 Å². The minimum Gasteiger partial charge on any atom is -0.447 e. The smallest absolute Gasteiger partial charge is 0.411 e. The van der Waals surface area contributed by atoms with Gasteiger partial charge < -0.3 is 14.2 Å². The summed E-state index contributed by atoms with van der Waals surface area (Å²) in [5, 5.41) is 0.533. The first-order valence-electron chi connectivity index (χ1n) is 8.81. The highest BCUT2D eigenvalue weighted by Gasteiger charge is 2.52. The highest BCUT2D eigenvalue weighted by molar-refractivity contribution is 6.37. The topological polar surface area (TPSA) is 61.8 Å². The van der Waals surface area contributed by atoms with E-state index in [0.29, 0.717) is 10.6 Å². The minimum atomic E-state index is -4.42. The van der Waals surface area contributed by atoms with Crippen molar-refractivity contribution in [2.75, 3.05) is 6.61 Å². The molecule has 0 aromatic heterocycles. The molecule has 1 saturated carbocycles. The van der Waals surface area contributed by atoms with E-state index in [4.69, 9.17) is 37.4 Å². The average molecular weight is 453 g/mol. The van der Waals surface area contributed by atoms with Crippen LogP contribution in [0.5, 0.6) is 0 Å². The largest absolute Gasteiger partial charge is 0.447 e. The van der Waals surface area contributed by atoms with Gasteiger partial charge in [0.05, 0.1) is 11.1 Å². The van der Waals surface area contributed by atoms with Crippen LogP contribution in [0.2, 0.25) is 10.0 Å². The number of esters is 2. The third-order valence-corrected chi connectivity index (χ3v) is 5.35. The summed E-state index contributed by atoms with van der Waals surface area (Å²) in [5.41, 5.74) is -0.944. The van der Waals surface area contributed by atoms with Gasteiger partial charge in [-0.25, -0.2) is 4.79 Å². The molecular weight excluding hydrogens is 436 g/mol. The Bertz CT molecular complexity index is 858. The Balaban J connectivity index is 1.90. The van der Waals surface area contributed by atoms with Gasteiger partial charge in [0.15, 0.2) is 11.4 Å². The molecule has 0 bridgehead atoms. The number of rotatable bonds is 4. The fourth-order valence-electron chi connectivity index (χ4n) is 3.57. The van der Waals surface area contributed by atoms with Crippen molar-refractivity contribution in [2.45, 2.75) is 50.5 Å². The summed E-state index contributed by atoms with van der Waals surface area (Å²) in [7, 11) is 0. The normalized spacial score (nSPS) is 24.8. The van der Waals surface area contributed by atoms with Crippen LogP contribution >= 0.6 is 23.2 Å². The molecule has 3 rings (SSSR count). The molecule has 1 aromatic rings. The summed E-state index contributed by atoms with van der Waals surface area (Å²) in [6.07, 6.45) is -4.35. The molecule has 1 fully saturated rings. The number of halogens is 5. The van der Waals surface area contributed by atoms with Crippen LogP contribution in [0.15, 0.2) is 24.0 Å². The first-order chi connectivity index (χ1) is 13.5. The zero-order valence-electron chi connectivity index (χ0n) is 15.3. The molecule has 158 valence electrons.